The van der Waals surface area contributed by atoms with Crippen molar-refractivity contribution in [3.63, 3.8) is 0 Å². The molecule has 21 heavy (non-hydrogen) atoms. The van der Waals surface area contributed by atoms with Crippen LogP contribution in [0.1, 0.15) is 24.8 Å². The van der Waals surface area contributed by atoms with Crippen LogP contribution >= 0.6 is 0 Å². The molecule has 4 nitrogen and oxygen atoms in total. The van der Waals surface area contributed by atoms with Crippen LogP contribution in [0.2, 0.25) is 0 Å². The maximum Gasteiger partial charge on any atom is 0.352 e. The molecule has 1 aromatic rings. The fraction of sp³-hybridized carbons (Fsp3) is 0.471. The number of nitrogens with zero attached hydrogens (tertiary/aromatic N) is 2. The molecule has 0 unspecified atom stereocenters. The summed E-state index contributed by atoms with van der Waals surface area (Å²) in [5, 5.41) is 1.80. The predicted molar refractivity (Wildman–Crippen MR) is 83.0 cm³/mol. The van der Waals surface area contributed by atoms with E-state index in [0.29, 0.717) is 0 Å². The molecule has 1 fully saturated rings. The third-order valence-corrected chi connectivity index (χ3v) is 4.12. The molecule has 0 N–H and O–H groups in total. The molecule has 1 aliphatic carbocycles. The summed E-state index contributed by atoms with van der Waals surface area (Å²) in [5.74, 6) is -0.156. The minimum atomic E-state index is -0.156. The minimum Gasteiger partial charge on any atom is -0.369 e. The number of hydrogen-bond donors (Lipinski definition) is 0. The Morgan fingerprint density at radius 2 is 2.00 bits per heavy atom. The van der Waals surface area contributed by atoms with Crippen molar-refractivity contribution < 1.29 is 9.63 Å². The summed E-state index contributed by atoms with van der Waals surface area (Å²) in [6.45, 7) is 5.39. The van der Waals surface area contributed by atoms with E-state index in [2.05, 4.69) is 36.1 Å². The van der Waals surface area contributed by atoms with Crippen molar-refractivity contribution >= 4 is 11.7 Å². The average Bonchev–Trinajstić information content (AvgIpc) is 3.02. The van der Waals surface area contributed by atoms with Crippen molar-refractivity contribution in [3.8, 4) is 0 Å². The number of carbonyl (C=O) groups excluding carboxylic acids is 1. The van der Waals surface area contributed by atoms with Crippen LogP contribution in [0.25, 0.3) is 0 Å². The Kier molecular flexibility index (Phi) is 4.25. The molecule has 1 aromatic carbocycles. The Balaban J connectivity index is 1.52. The number of hydroxylamine groups is 2. The van der Waals surface area contributed by atoms with Crippen LogP contribution in [0.4, 0.5) is 5.69 Å². The van der Waals surface area contributed by atoms with Crippen molar-refractivity contribution in [2.45, 2.75) is 26.2 Å². The lowest BCUT2D eigenvalue weighted by Gasteiger charge is -2.34. The van der Waals surface area contributed by atoms with E-state index in [-0.39, 0.29) is 5.97 Å². The van der Waals surface area contributed by atoms with Crippen LogP contribution in [-0.2, 0) is 9.63 Å². The highest BCUT2D eigenvalue weighted by molar-refractivity contribution is 5.88. The molecular weight excluding hydrogens is 264 g/mol. The normalized spacial score (nSPS) is 19.5. The van der Waals surface area contributed by atoms with Crippen LogP contribution in [0.15, 0.2) is 35.9 Å². The molecule has 1 aliphatic heterocycles. The van der Waals surface area contributed by atoms with Gasteiger partial charge in [-0.25, -0.2) is 4.79 Å². The maximum atomic E-state index is 12.0. The summed E-state index contributed by atoms with van der Waals surface area (Å²) in [7, 11) is 0. The third kappa shape index (κ3) is 3.45. The zero-order valence-corrected chi connectivity index (χ0v) is 12.5. The number of carbonyl (C=O) groups is 1. The molecule has 0 aromatic heterocycles. The van der Waals surface area contributed by atoms with Gasteiger partial charge in [-0.1, -0.05) is 18.2 Å². The van der Waals surface area contributed by atoms with Gasteiger partial charge in [0.2, 0.25) is 0 Å². The molecular formula is C17H22N2O2. The second kappa shape index (κ2) is 6.31. The number of hydrogen-bond acceptors (Lipinski definition) is 4. The summed E-state index contributed by atoms with van der Waals surface area (Å²) in [4.78, 5) is 19.8. The van der Waals surface area contributed by atoms with Crippen molar-refractivity contribution in [1.82, 2.24) is 5.06 Å². The molecule has 0 saturated carbocycles. The van der Waals surface area contributed by atoms with E-state index in [4.69, 9.17) is 4.84 Å². The van der Waals surface area contributed by atoms with E-state index in [0.717, 1.165) is 51.0 Å². The largest absolute Gasteiger partial charge is 0.369 e. The smallest absolute Gasteiger partial charge is 0.352 e. The van der Waals surface area contributed by atoms with Crippen LogP contribution in [0.3, 0.4) is 0 Å². The Hall–Kier alpha value is -1.81. The fourth-order valence-electron chi connectivity index (χ4n) is 2.89. The molecule has 0 amide bonds. The molecule has 0 radical (unpaired) electrons. The molecule has 2 aliphatic rings. The SMILES string of the molecule is Cc1cccc(N2CCN(OC(=O)C3=CCCC3)CC2)c1. The van der Waals surface area contributed by atoms with Crippen molar-refractivity contribution in [3.05, 3.63) is 41.5 Å². The van der Waals surface area contributed by atoms with Gasteiger partial charge in [-0.3, -0.25) is 0 Å². The quantitative estimate of drug-likeness (QED) is 0.855. The summed E-state index contributed by atoms with van der Waals surface area (Å²) in [6, 6.07) is 8.53. The standard InChI is InChI=1S/C17H22N2O2/c1-14-5-4-8-16(13-14)18-9-11-19(12-10-18)21-17(20)15-6-2-3-7-15/h4-6,8,13H,2-3,7,9-12H2,1H3. The first-order valence-corrected chi connectivity index (χ1v) is 7.70. The zero-order valence-electron chi connectivity index (χ0n) is 12.5. The molecule has 0 spiro atoms. The van der Waals surface area contributed by atoms with E-state index in [1.807, 2.05) is 6.08 Å². The van der Waals surface area contributed by atoms with E-state index in [1.54, 1.807) is 5.06 Å². The Morgan fingerprint density at radius 1 is 1.19 bits per heavy atom. The van der Waals surface area contributed by atoms with Gasteiger partial charge >= 0.3 is 5.97 Å². The van der Waals surface area contributed by atoms with Crippen LogP contribution < -0.4 is 4.90 Å². The topological polar surface area (TPSA) is 32.8 Å². The highest BCUT2D eigenvalue weighted by Crippen LogP contribution is 2.21. The Labute approximate surface area is 125 Å². The average molecular weight is 286 g/mol. The van der Waals surface area contributed by atoms with Gasteiger partial charge in [-0.05, 0) is 43.9 Å². The van der Waals surface area contributed by atoms with Gasteiger partial charge in [0.05, 0.1) is 13.1 Å². The van der Waals surface area contributed by atoms with Gasteiger partial charge in [0.1, 0.15) is 0 Å². The number of anilines is 1. The van der Waals surface area contributed by atoms with Crippen molar-refractivity contribution in [2.24, 2.45) is 0 Å². The molecule has 1 saturated heterocycles. The van der Waals surface area contributed by atoms with Crippen molar-refractivity contribution in [2.75, 3.05) is 31.1 Å². The third-order valence-electron chi connectivity index (χ3n) is 4.12. The first-order valence-electron chi connectivity index (χ1n) is 7.70. The van der Waals surface area contributed by atoms with Crippen LogP contribution in [0, 0.1) is 6.92 Å². The number of aryl methyl sites for hydroxylation is 1. The zero-order chi connectivity index (χ0) is 14.7. The van der Waals surface area contributed by atoms with E-state index in [1.165, 1.54) is 11.3 Å². The summed E-state index contributed by atoms with van der Waals surface area (Å²) in [5.41, 5.74) is 3.37. The van der Waals surface area contributed by atoms with E-state index in [9.17, 15) is 4.79 Å². The first kappa shape index (κ1) is 14.1. The number of allylic oxidation sites excluding steroid dienone is 1. The van der Waals surface area contributed by atoms with Gasteiger partial charge in [0.25, 0.3) is 0 Å². The monoisotopic (exact) mass is 286 g/mol. The number of benzene rings is 1. The van der Waals surface area contributed by atoms with Gasteiger partial charge in [0.15, 0.2) is 0 Å². The van der Waals surface area contributed by atoms with E-state index < -0.39 is 0 Å². The van der Waals surface area contributed by atoms with Crippen molar-refractivity contribution in [1.29, 1.82) is 0 Å². The predicted octanol–water partition coefficient (Wildman–Crippen LogP) is 2.69. The van der Waals surface area contributed by atoms with Crippen LogP contribution in [-0.4, -0.2) is 37.2 Å². The highest BCUT2D eigenvalue weighted by Gasteiger charge is 2.22. The van der Waals surface area contributed by atoms with E-state index >= 15 is 0 Å². The lowest BCUT2D eigenvalue weighted by Crippen LogP contribution is -2.47. The lowest BCUT2D eigenvalue weighted by atomic mass is 10.2. The van der Waals surface area contributed by atoms with Gasteiger partial charge in [-0.2, -0.15) is 0 Å². The number of rotatable bonds is 3. The second-order valence-electron chi connectivity index (χ2n) is 5.76. The van der Waals surface area contributed by atoms with Crippen LogP contribution in [0.5, 0.6) is 0 Å². The number of piperazine rings is 1. The molecule has 0 bridgehead atoms. The van der Waals surface area contributed by atoms with Gasteiger partial charge < -0.3 is 9.74 Å². The van der Waals surface area contributed by atoms with Gasteiger partial charge in [0, 0.05) is 24.4 Å². The fourth-order valence-corrected chi connectivity index (χ4v) is 2.89. The molecule has 112 valence electrons. The highest BCUT2D eigenvalue weighted by atomic mass is 16.7. The first-order chi connectivity index (χ1) is 10.2. The molecule has 0 atom stereocenters. The Morgan fingerprint density at radius 3 is 2.67 bits per heavy atom. The molecule has 3 rings (SSSR count). The molecule has 1 heterocycles. The maximum absolute atomic E-state index is 12.0. The lowest BCUT2D eigenvalue weighted by molar-refractivity contribution is -0.186. The second-order valence-corrected chi connectivity index (χ2v) is 5.76. The summed E-state index contributed by atoms with van der Waals surface area (Å²) in [6.07, 6.45) is 4.95. The molecule has 4 heteroatoms. The summed E-state index contributed by atoms with van der Waals surface area (Å²) < 4.78 is 0. The van der Waals surface area contributed by atoms with Gasteiger partial charge in [-0.15, -0.1) is 5.06 Å². The Bertz CT molecular complexity index is 545. The minimum absolute atomic E-state index is 0.156. The summed E-state index contributed by atoms with van der Waals surface area (Å²) >= 11 is 0.